The van der Waals surface area contributed by atoms with Gasteiger partial charge in [0.25, 0.3) is 0 Å². The maximum absolute atomic E-state index is 8.70. The molecule has 65 valence electrons. The van der Waals surface area contributed by atoms with Crippen molar-refractivity contribution >= 4 is 15.9 Å². The van der Waals surface area contributed by atoms with Crippen LogP contribution in [-0.2, 0) is 6.54 Å². The van der Waals surface area contributed by atoms with E-state index >= 15 is 0 Å². The number of aliphatic hydroxyl groups excluding tert-OH is 1. The van der Waals surface area contributed by atoms with E-state index in [9.17, 15) is 0 Å². The van der Waals surface area contributed by atoms with Crippen LogP contribution in [0.25, 0.3) is 0 Å². The molecule has 0 fully saturated rings. The van der Waals surface area contributed by atoms with E-state index in [-0.39, 0.29) is 6.61 Å². The molecule has 0 aliphatic heterocycles. The highest BCUT2D eigenvalue weighted by Gasteiger charge is 2.02. The smallest absolute Gasteiger partial charge is 0.0506 e. The second-order valence-corrected chi connectivity index (χ2v) is 3.20. The molecule has 3 heteroatoms. The Morgan fingerprint density at radius 1 is 1.50 bits per heavy atom. The topological polar surface area (TPSA) is 46.2 Å². The van der Waals surface area contributed by atoms with Crippen LogP contribution in [0.4, 0.5) is 0 Å². The molecule has 0 amide bonds. The van der Waals surface area contributed by atoms with Gasteiger partial charge in [0.05, 0.1) is 6.61 Å². The van der Waals surface area contributed by atoms with Crippen molar-refractivity contribution in [3.05, 3.63) is 40.2 Å². The van der Waals surface area contributed by atoms with Crippen LogP contribution in [0.1, 0.15) is 11.1 Å². The highest BCUT2D eigenvalue weighted by atomic mass is 79.9. The van der Waals surface area contributed by atoms with Crippen molar-refractivity contribution in [2.75, 3.05) is 6.61 Å². The maximum Gasteiger partial charge on any atom is 0.0506 e. The van der Waals surface area contributed by atoms with E-state index in [2.05, 4.69) is 15.9 Å². The SMILES string of the molecule is NCc1cccc([CH]CO)c1Br. The highest BCUT2D eigenvalue weighted by molar-refractivity contribution is 9.10. The summed E-state index contributed by atoms with van der Waals surface area (Å²) in [6, 6.07) is 5.81. The summed E-state index contributed by atoms with van der Waals surface area (Å²) in [5.41, 5.74) is 7.55. The van der Waals surface area contributed by atoms with Gasteiger partial charge in [-0.2, -0.15) is 0 Å². The van der Waals surface area contributed by atoms with Crippen LogP contribution in [0.3, 0.4) is 0 Å². The number of aliphatic hydroxyl groups is 1. The molecule has 1 radical (unpaired) electrons. The highest BCUT2D eigenvalue weighted by Crippen LogP contribution is 2.22. The first-order chi connectivity index (χ1) is 5.79. The molecule has 0 aromatic heterocycles. The average Bonchev–Trinajstić information content (AvgIpc) is 2.09. The van der Waals surface area contributed by atoms with Gasteiger partial charge >= 0.3 is 0 Å². The summed E-state index contributed by atoms with van der Waals surface area (Å²) < 4.78 is 0.974. The first-order valence-electron chi connectivity index (χ1n) is 3.71. The van der Waals surface area contributed by atoms with Crippen LogP contribution in [-0.4, -0.2) is 11.7 Å². The Bertz CT molecular complexity index is 263. The van der Waals surface area contributed by atoms with Gasteiger partial charge in [-0.25, -0.2) is 0 Å². The minimum absolute atomic E-state index is 0.0482. The molecule has 0 spiro atoms. The molecule has 12 heavy (non-hydrogen) atoms. The summed E-state index contributed by atoms with van der Waals surface area (Å²) in [5.74, 6) is 0. The van der Waals surface area contributed by atoms with E-state index in [0.29, 0.717) is 6.54 Å². The summed E-state index contributed by atoms with van der Waals surface area (Å²) >= 11 is 3.42. The number of nitrogens with two attached hydrogens (primary N) is 1. The quantitative estimate of drug-likeness (QED) is 0.823. The molecule has 1 aromatic carbocycles. The molecule has 0 heterocycles. The first-order valence-corrected chi connectivity index (χ1v) is 4.50. The second-order valence-electron chi connectivity index (χ2n) is 2.41. The Morgan fingerprint density at radius 2 is 2.25 bits per heavy atom. The number of hydrogen-bond donors (Lipinski definition) is 2. The van der Waals surface area contributed by atoms with Gasteiger partial charge in [-0.1, -0.05) is 34.1 Å². The molecule has 0 aliphatic rings. The fourth-order valence-electron chi connectivity index (χ4n) is 1.01. The lowest BCUT2D eigenvalue weighted by molar-refractivity contribution is 0.331. The summed E-state index contributed by atoms with van der Waals surface area (Å²) in [6.45, 7) is 0.556. The second kappa shape index (κ2) is 4.60. The fourth-order valence-corrected chi connectivity index (χ4v) is 1.60. The molecular formula is C9H11BrNO. The molecule has 0 saturated carbocycles. The van der Waals surface area contributed by atoms with Crippen LogP contribution in [0.15, 0.2) is 22.7 Å². The molecule has 3 N–H and O–H groups in total. The van der Waals surface area contributed by atoms with E-state index in [1.165, 1.54) is 0 Å². The van der Waals surface area contributed by atoms with E-state index < -0.39 is 0 Å². The van der Waals surface area contributed by atoms with Crippen molar-refractivity contribution in [2.45, 2.75) is 6.54 Å². The van der Waals surface area contributed by atoms with Gasteiger partial charge in [0.2, 0.25) is 0 Å². The molecule has 0 aliphatic carbocycles. The van der Waals surface area contributed by atoms with Gasteiger partial charge in [0.1, 0.15) is 0 Å². The molecule has 0 saturated heterocycles. The monoisotopic (exact) mass is 228 g/mol. The largest absolute Gasteiger partial charge is 0.396 e. The Balaban J connectivity index is 2.97. The molecule has 1 rings (SSSR count). The standard InChI is InChI=1S/C9H11BrNO/c10-9-7(4-5-12)2-1-3-8(9)6-11/h1-4,12H,5-6,11H2. The minimum atomic E-state index is 0.0482. The van der Waals surface area contributed by atoms with Gasteiger partial charge < -0.3 is 10.8 Å². The minimum Gasteiger partial charge on any atom is -0.396 e. The third-order valence-corrected chi connectivity index (χ3v) is 2.61. The number of benzene rings is 1. The third-order valence-electron chi connectivity index (χ3n) is 1.64. The van der Waals surface area contributed by atoms with Gasteiger partial charge in [-0.15, -0.1) is 0 Å². The average molecular weight is 229 g/mol. The van der Waals surface area contributed by atoms with Crippen LogP contribution in [0.2, 0.25) is 0 Å². The fraction of sp³-hybridized carbons (Fsp3) is 0.222. The Kier molecular flexibility index (Phi) is 3.72. The Labute approximate surface area is 80.5 Å². The first kappa shape index (κ1) is 9.71. The van der Waals surface area contributed by atoms with E-state index in [1.807, 2.05) is 18.2 Å². The normalized spacial score (nSPS) is 10.2. The third kappa shape index (κ3) is 2.06. The zero-order valence-corrected chi connectivity index (χ0v) is 8.21. The predicted molar refractivity (Wildman–Crippen MR) is 52.5 cm³/mol. The van der Waals surface area contributed by atoms with Gasteiger partial charge in [-0.3, -0.25) is 0 Å². The van der Waals surface area contributed by atoms with Gasteiger partial charge in [0, 0.05) is 17.4 Å². The van der Waals surface area contributed by atoms with Crippen LogP contribution < -0.4 is 5.73 Å². The summed E-state index contributed by atoms with van der Waals surface area (Å²) in [4.78, 5) is 0. The number of rotatable bonds is 3. The molecule has 2 nitrogen and oxygen atoms in total. The van der Waals surface area contributed by atoms with Crippen molar-refractivity contribution in [1.29, 1.82) is 0 Å². The van der Waals surface area contributed by atoms with Crippen molar-refractivity contribution < 1.29 is 5.11 Å². The number of halogens is 1. The zero-order chi connectivity index (χ0) is 8.97. The Morgan fingerprint density at radius 3 is 2.83 bits per heavy atom. The predicted octanol–water partition coefficient (Wildman–Crippen LogP) is 1.45. The van der Waals surface area contributed by atoms with E-state index in [4.69, 9.17) is 10.8 Å². The van der Waals surface area contributed by atoms with Gasteiger partial charge in [-0.05, 0) is 11.1 Å². The molecular weight excluding hydrogens is 218 g/mol. The Hall–Kier alpha value is -0.380. The van der Waals surface area contributed by atoms with Crippen LogP contribution in [0, 0.1) is 6.42 Å². The molecule has 1 aromatic rings. The van der Waals surface area contributed by atoms with Crippen molar-refractivity contribution in [3.8, 4) is 0 Å². The van der Waals surface area contributed by atoms with Crippen LogP contribution in [0.5, 0.6) is 0 Å². The molecule has 0 bridgehead atoms. The lowest BCUT2D eigenvalue weighted by atomic mass is 10.1. The number of hydrogen-bond acceptors (Lipinski definition) is 2. The van der Waals surface area contributed by atoms with Crippen molar-refractivity contribution in [3.63, 3.8) is 0 Å². The van der Waals surface area contributed by atoms with Crippen molar-refractivity contribution in [2.24, 2.45) is 5.73 Å². The lowest BCUT2D eigenvalue weighted by Crippen LogP contribution is -1.99. The molecule has 0 atom stereocenters. The van der Waals surface area contributed by atoms with Gasteiger partial charge in [0.15, 0.2) is 0 Å². The lowest BCUT2D eigenvalue weighted by Gasteiger charge is -2.05. The molecule has 0 unspecified atom stereocenters. The summed E-state index contributed by atoms with van der Waals surface area (Å²) in [7, 11) is 0. The van der Waals surface area contributed by atoms with Crippen LogP contribution >= 0.6 is 15.9 Å². The van der Waals surface area contributed by atoms with E-state index in [0.717, 1.165) is 15.6 Å². The zero-order valence-electron chi connectivity index (χ0n) is 6.63. The summed E-state index contributed by atoms with van der Waals surface area (Å²) in [6.07, 6.45) is 1.74. The van der Waals surface area contributed by atoms with E-state index in [1.54, 1.807) is 6.42 Å². The maximum atomic E-state index is 8.70. The summed E-state index contributed by atoms with van der Waals surface area (Å²) in [5, 5.41) is 8.70. The van der Waals surface area contributed by atoms with Crippen molar-refractivity contribution in [1.82, 2.24) is 0 Å².